The second-order valence-corrected chi connectivity index (χ2v) is 4.99. The van der Waals surface area contributed by atoms with Crippen molar-refractivity contribution in [3.05, 3.63) is 60.2 Å². The minimum atomic E-state index is -0.667. The molecule has 1 heterocycles. The van der Waals surface area contributed by atoms with Gasteiger partial charge in [0.25, 0.3) is 5.91 Å². The number of carbonyl (C=O) groups is 2. The summed E-state index contributed by atoms with van der Waals surface area (Å²) >= 11 is 0. The molecular formula is C17H19N3O3. The third kappa shape index (κ3) is 5.18. The molecule has 0 aliphatic carbocycles. The fourth-order valence-electron chi connectivity index (χ4n) is 2.14. The van der Waals surface area contributed by atoms with Crippen LogP contribution in [0.5, 0.6) is 0 Å². The van der Waals surface area contributed by atoms with Crippen LogP contribution in [0.15, 0.2) is 48.9 Å². The van der Waals surface area contributed by atoms with E-state index in [4.69, 9.17) is 4.74 Å². The van der Waals surface area contributed by atoms with Gasteiger partial charge in [0.15, 0.2) is 12.3 Å². The minimum absolute atomic E-state index is 0.0773. The molecule has 0 bridgehead atoms. The number of amides is 1. The summed E-state index contributed by atoms with van der Waals surface area (Å²) in [5.74, 6) is -1.01. The molecule has 0 spiro atoms. The molecule has 0 aliphatic heterocycles. The van der Waals surface area contributed by atoms with E-state index in [1.54, 1.807) is 0 Å². The quantitative estimate of drug-likeness (QED) is 0.793. The van der Waals surface area contributed by atoms with E-state index in [0.717, 1.165) is 18.4 Å². The molecular weight excluding hydrogens is 294 g/mol. The Kier molecular flexibility index (Phi) is 6.23. The number of aromatic nitrogens is 2. The van der Waals surface area contributed by atoms with Gasteiger partial charge in [-0.2, -0.15) is 0 Å². The van der Waals surface area contributed by atoms with Crippen LogP contribution in [0.1, 0.15) is 41.9 Å². The minimum Gasteiger partial charge on any atom is -0.451 e. The maximum atomic E-state index is 12.0. The number of hydrogen-bond donors (Lipinski definition) is 1. The maximum absolute atomic E-state index is 12.0. The molecule has 2 rings (SSSR count). The van der Waals surface area contributed by atoms with E-state index in [2.05, 4.69) is 22.2 Å². The Morgan fingerprint density at radius 1 is 1.22 bits per heavy atom. The van der Waals surface area contributed by atoms with Crippen molar-refractivity contribution in [2.45, 2.75) is 25.8 Å². The Morgan fingerprint density at radius 2 is 2.00 bits per heavy atom. The van der Waals surface area contributed by atoms with E-state index in [9.17, 15) is 9.59 Å². The number of hydrogen-bond acceptors (Lipinski definition) is 5. The molecule has 23 heavy (non-hydrogen) atoms. The summed E-state index contributed by atoms with van der Waals surface area (Å²) in [5, 5.41) is 2.89. The van der Waals surface area contributed by atoms with Crippen molar-refractivity contribution in [2.24, 2.45) is 0 Å². The molecule has 1 N–H and O–H groups in total. The van der Waals surface area contributed by atoms with E-state index < -0.39 is 5.97 Å². The summed E-state index contributed by atoms with van der Waals surface area (Å²) in [7, 11) is 0. The van der Waals surface area contributed by atoms with Crippen molar-refractivity contribution < 1.29 is 14.3 Å². The number of benzene rings is 1. The molecule has 0 aliphatic rings. The van der Waals surface area contributed by atoms with Gasteiger partial charge in [0.2, 0.25) is 0 Å². The third-order valence-corrected chi connectivity index (χ3v) is 3.22. The van der Waals surface area contributed by atoms with Gasteiger partial charge in [0.05, 0.1) is 12.2 Å². The van der Waals surface area contributed by atoms with Crippen molar-refractivity contribution in [1.29, 1.82) is 0 Å². The van der Waals surface area contributed by atoms with Crippen LogP contribution in [0.3, 0.4) is 0 Å². The van der Waals surface area contributed by atoms with Crippen molar-refractivity contribution in [1.82, 2.24) is 15.3 Å². The summed E-state index contributed by atoms with van der Waals surface area (Å²) in [6.07, 6.45) is 5.89. The molecule has 0 unspecified atom stereocenters. The zero-order valence-electron chi connectivity index (χ0n) is 12.9. The molecule has 6 heteroatoms. The lowest BCUT2D eigenvalue weighted by atomic mass is 10.0. The molecule has 120 valence electrons. The van der Waals surface area contributed by atoms with Crippen molar-refractivity contribution in [3.8, 4) is 0 Å². The average Bonchev–Trinajstić information content (AvgIpc) is 2.61. The van der Waals surface area contributed by atoms with Crippen LogP contribution in [-0.2, 0) is 9.53 Å². The fourth-order valence-corrected chi connectivity index (χ4v) is 2.14. The fraction of sp³-hybridized carbons (Fsp3) is 0.294. The first-order valence-corrected chi connectivity index (χ1v) is 7.48. The van der Waals surface area contributed by atoms with Crippen LogP contribution < -0.4 is 5.32 Å². The predicted octanol–water partition coefficient (Wildman–Crippen LogP) is 2.29. The van der Waals surface area contributed by atoms with Gasteiger partial charge < -0.3 is 10.1 Å². The molecule has 0 saturated heterocycles. The highest BCUT2D eigenvalue weighted by Crippen LogP contribution is 2.17. The number of carbonyl (C=O) groups excluding carboxylic acids is 2. The monoisotopic (exact) mass is 313 g/mol. The van der Waals surface area contributed by atoms with Crippen LogP contribution in [0.4, 0.5) is 0 Å². The van der Waals surface area contributed by atoms with Crippen LogP contribution in [0.2, 0.25) is 0 Å². The summed E-state index contributed by atoms with van der Waals surface area (Å²) in [6, 6.07) is 9.62. The van der Waals surface area contributed by atoms with Crippen LogP contribution in [0, 0.1) is 0 Å². The van der Waals surface area contributed by atoms with Crippen LogP contribution in [-0.4, -0.2) is 28.5 Å². The topological polar surface area (TPSA) is 81.2 Å². The van der Waals surface area contributed by atoms with E-state index in [1.165, 1.54) is 18.6 Å². The molecule has 1 amide bonds. The first-order chi connectivity index (χ1) is 11.2. The van der Waals surface area contributed by atoms with Gasteiger partial charge in [-0.25, -0.2) is 9.78 Å². The van der Waals surface area contributed by atoms with Gasteiger partial charge >= 0.3 is 5.97 Å². The normalized spacial score (nSPS) is 11.5. The van der Waals surface area contributed by atoms with Gasteiger partial charge in [0, 0.05) is 12.4 Å². The molecule has 0 radical (unpaired) electrons. The molecule has 6 nitrogen and oxygen atoms in total. The summed E-state index contributed by atoms with van der Waals surface area (Å²) < 4.78 is 4.95. The average molecular weight is 313 g/mol. The first-order valence-electron chi connectivity index (χ1n) is 7.48. The highest BCUT2D eigenvalue weighted by molar-refractivity contribution is 5.89. The molecule has 1 aromatic heterocycles. The van der Waals surface area contributed by atoms with Gasteiger partial charge in [-0.1, -0.05) is 43.7 Å². The lowest BCUT2D eigenvalue weighted by Crippen LogP contribution is -2.32. The Morgan fingerprint density at radius 3 is 2.65 bits per heavy atom. The summed E-state index contributed by atoms with van der Waals surface area (Å²) in [4.78, 5) is 31.3. The van der Waals surface area contributed by atoms with Crippen molar-refractivity contribution in [2.75, 3.05) is 6.61 Å². The number of rotatable bonds is 7. The Hall–Kier alpha value is -2.76. The van der Waals surface area contributed by atoms with E-state index in [0.29, 0.717) is 0 Å². The first kappa shape index (κ1) is 16.6. The van der Waals surface area contributed by atoms with E-state index >= 15 is 0 Å². The highest BCUT2D eigenvalue weighted by Gasteiger charge is 2.16. The Labute approximate surface area is 134 Å². The Balaban J connectivity index is 1.88. The highest BCUT2D eigenvalue weighted by atomic mass is 16.5. The summed E-state index contributed by atoms with van der Waals surface area (Å²) in [6.45, 7) is 1.71. The lowest BCUT2D eigenvalue weighted by Gasteiger charge is -2.18. The SMILES string of the molecule is CCC[C@@H](NC(=O)COC(=O)c1cnccn1)c1ccccc1. The second-order valence-electron chi connectivity index (χ2n) is 4.99. The number of nitrogens with one attached hydrogen (secondary N) is 1. The molecule has 0 saturated carbocycles. The largest absolute Gasteiger partial charge is 0.451 e. The number of nitrogens with zero attached hydrogens (tertiary/aromatic N) is 2. The molecule has 1 atom stereocenters. The number of esters is 1. The smallest absolute Gasteiger partial charge is 0.359 e. The summed E-state index contributed by atoms with van der Waals surface area (Å²) in [5.41, 5.74) is 1.11. The van der Waals surface area contributed by atoms with Gasteiger partial charge in [0.1, 0.15) is 0 Å². The van der Waals surface area contributed by atoms with Gasteiger partial charge in [-0.3, -0.25) is 9.78 Å². The van der Waals surface area contributed by atoms with E-state index in [-0.39, 0.29) is 24.2 Å². The van der Waals surface area contributed by atoms with E-state index in [1.807, 2.05) is 30.3 Å². The van der Waals surface area contributed by atoms with Crippen LogP contribution in [0.25, 0.3) is 0 Å². The van der Waals surface area contributed by atoms with Crippen LogP contribution >= 0.6 is 0 Å². The zero-order valence-corrected chi connectivity index (χ0v) is 12.9. The lowest BCUT2D eigenvalue weighted by molar-refractivity contribution is -0.125. The number of ether oxygens (including phenoxy) is 1. The molecule has 2 aromatic rings. The van der Waals surface area contributed by atoms with Crippen molar-refractivity contribution >= 4 is 11.9 Å². The zero-order chi connectivity index (χ0) is 16.5. The van der Waals surface area contributed by atoms with Gasteiger partial charge in [-0.15, -0.1) is 0 Å². The maximum Gasteiger partial charge on any atom is 0.359 e. The predicted molar refractivity (Wildman–Crippen MR) is 84.5 cm³/mol. The second kappa shape index (κ2) is 8.63. The van der Waals surface area contributed by atoms with Crippen molar-refractivity contribution in [3.63, 3.8) is 0 Å². The Bertz CT molecular complexity index is 632. The third-order valence-electron chi connectivity index (χ3n) is 3.22. The van der Waals surface area contributed by atoms with Gasteiger partial charge in [-0.05, 0) is 12.0 Å². The standard InChI is InChI=1S/C17H19N3O3/c1-2-6-14(13-7-4-3-5-8-13)20-16(21)12-23-17(22)15-11-18-9-10-19-15/h3-5,7-11,14H,2,6,12H2,1H3,(H,20,21)/t14-/m1/s1. The molecule has 1 aromatic carbocycles. The molecule has 0 fully saturated rings.